The van der Waals surface area contributed by atoms with Gasteiger partial charge in [-0.25, -0.2) is 30.1 Å². The van der Waals surface area contributed by atoms with E-state index in [4.69, 9.17) is 28.7 Å². The molecule has 448 valence electrons. The maximum Gasteiger partial charge on any atom is 0.273 e. The number of Topliss-reactive ketones (excluding diaryl/α,β-unsaturated/α-hetero) is 8. The Hall–Kier alpha value is -7.65. The van der Waals surface area contributed by atoms with Gasteiger partial charge in [0.25, 0.3) is 5.69 Å². The summed E-state index contributed by atoms with van der Waals surface area (Å²) in [5, 5.41) is 23.0. The lowest BCUT2D eigenvalue weighted by Gasteiger charge is -2.25. The molecule has 2 aliphatic heterocycles. The zero-order valence-electron chi connectivity index (χ0n) is 46.7. The minimum atomic E-state index is -3.39. The summed E-state index contributed by atoms with van der Waals surface area (Å²) in [7, 11) is -2.12. The number of aliphatic imine (C=N–C) groups is 2. The Balaban J connectivity index is 0.000000358. The number of carbonyl (C=O) groups excluding carboxylic acids is 8. The highest BCUT2D eigenvalue weighted by atomic mass is 32.2. The Kier molecular flexibility index (Phi) is 28.4. The largest absolute Gasteiger partial charge is 0.547 e. The summed E-state index contributed by atoms with van der Waals surface area (Å²) in [6, 6.07) is 11.1. The maximum atomic E-state index is 13.1. The summed E-state index contributed by atoms with van der Waals surface area (Å²) < 4.78 is 25.6. The van der Waals surface area contributed by atoms with Gasteiger partial charge in [0.2, 0.25) is 46.3 Å². The number of nitrogens with zero attached hydrogens (tertiary/aromatic N) is 4. The number of hydrogen-bond donors (Lipinski definition) is 13. The second-order valence-corrected chi connectivity index (χ2v) is 21.3. The van der Waals surface area contributed by atoms with Gasteiger partial charge in [-0.1, -0.05) is 45.4 Å². The summed E-state index contributed by atoms with van der Waals surface area (Å²) >= 11 is 0. The fourth-order valence-electron chi connectivity index (χ4n) is 7.81. The average Bonchev–Trinajstić information content (AvgIpc) is 3.63. The molecule has 2 aliphatic rings. The Morgan fingerprint density at radius 1 is 0.622 bits per heavy atom. The number of nitro benzene ring substituents is 1. The molecule has 3 aromatic rings. The van der Waals surface area contributed by atoms with Crippen molar-refractivity contribution in [2.45, 2.75) is 102 Å². The van der Waals surface area contributed by atoms with Crippen molar-refractivity contribution in [3.63, 3.8) is 0 Å². The summed E-state index contributed by atoms with van der Waals surface area (Å²) in [4.78, 5) is 121. The van der Waals surface area contributed by atoms with E-state index in [1.165, 1.54) is 31.3 Å². The van der Waals surface area contributed by atoms with Gasteiger partial charge >= 0.3 is 0 Å². The van der Waals surface area contributed by atoms with Crippen molar-refractivity contribution >= 4 is 79.6 Å². The van der Waals surface area contributed by atoms with Gasteiger partial charge < -0.3 is 44.0 Å². The summed E-state index contributed by atoms with van der Waals surface area (Å²) in [5.74, 6) is -6.52. The molecule has 0 saturated heterocycles. The van der Waals surface area contributed by atoms with Crippen LogP contribution in [0.4, 0.5) is 11.4 Å². The van der Waals surface area contributed by atoms with Crippen molar-refractivity contribution in [1.29, 1.82) is 0 Å². The lowest BCUT2D eigenvalue weighted by molar-refractivity contribution is -0.385. The van der Waals surface area contributed by atoms with Crippen LogP contribution in [0.3, 0.4) is 0 Å². The molecule has 0 aliphatic carbocycles. The van der Waals surface area contributed by atoms with Gasteiger partial charge in [-0.15, -0.1) is 0 Å². The first-order valence-electron chi connectivity index (χ1n) is 26.1. The number of nitrogens with one attached hydrogen (secondary N) is 8. The summed E-state index contributed by atoms with van der Waals surface area (Å²) in [5.41, 5.74) is 40.7. The number of nitrogen functional groups attached to an aromatic ring is 1. The van der Waals surface area contributed by atoms with Gasteiger partial charge in [0.05, 0.1) is 42.2 Å². The third-order valence-electron chi connectivity index (χ3n) is 12.4. The minimum absolute atomic E-state index is 0.00921. The number of nitro groups is 1. The van der Waals surface area contributed by atoms with Gasteiger partial charge in [0.15, 0.2) is 11.9 Å². The molecule has 0 radical (unpaired) electrons. The molecule has 0 amide bonds. The van der Waals surface area contributed by atoms with Crippen LogP contribution in [0, 0.1) is 28.9 Å². The van der Waals surface area contributed by atoms with Crippen LogP contribution in [0.1, 0.15) is 90.8 Å². The third kappa shape index (κ3) is 22.0. The molecular weight excluding hydrogens is 1090 g/mol. The van der Waals surface area contributed by atoms with E-state index in [0.717, 1.165) is 5.56 Å². The van der Waals surface area contributed by atoms with E-state index in [-0.39, 0.29) is 110 Å². The number of anilines is 1. The quantitative estimate of drug-likeness (QED) is 0.0180. The van der Waals surface area contributed by atoms with E-state index in [1.54, 1.807) is 64.1 Å². The Morgan fingerprint density at radius 3 is 1.45 bits per heavy atom. The number of ketones is 8. The van der Waals surface area contributed by atoms with E-state index in [1.807, 2.05) is 6.92 Å². The minimum Gasteiger partial charge on any atom is -0.547 e. The van der Waals surface area contributed by atoms with Crippen LogP contribution in [0.25, 0.3) is 4.72 Å². The van der Waals surface area contributed by atoms with Crippen LogP contribution >= 0.6 is 0 Å². The Labute approximate surface area is 475 Å². The lowest BCUT2D eigenvalue weighted by atomic mass is 9.93. The number of fused-ring (bicyclic) bond motifs is 4. The van der Waals surface area contributed by atoms with Crippen LogP contribution in [-0.2, 0) is 51.9 Å². The molecule has 0 unspecified atom stereocenters. The van der Waals surface area contributed by atoms with E-state index >= 15 is 0 Å². The van der Waals surface area contributed by atoms with Gasteiger partial charge in [-0.3, -0.25) is 69.1 Å². The third-order valence-corrected chi connectivity index (χ3v) is 13.8. The van der Waals surface area contributed by atoms with Crippen LogP contribution in [0.2, 0.25) is 0 Å². The van der Waals surface area contributed by atoms with Crippen LogP contribution in [-0.4, -0.2) is 142 Å². The number of nitrogens with two attached hydrogens (primary N) is 5. The van der Waals surface area contributed by atoms with Crippen molar-refractivity contribution in [1.82, 2.24) is 43.0 Å². The zero-order valence-corrected chi connectivity index (χ0v) is 47.5. The molecule has 18 N–H and O–H groups in total. The van der Waals surface area contributed by atoms with E-state index < -0.39 is 85.4 Å². The van der Waals surface area contributed by atoms with Crippen molar-refractivity contribution in [3.8, 4) is 0 Å². The standard InChI is InChI=1S/C22H32N8O6.C22H34N8O4.C8H10NO2S/c1-12(2)18-21(34)19(32)13-5-6-16(30(35)36)14(8-13)9-25-11-26-10-17(31)20(33)15(28-29-18)4-3-7-27-22(23)24;1-12(2)18-21(34)19(32)13-5-6-15(23)14(8-13)9-26-11-27-10-17(31)20(33)16(29-30-18)4-3-7-28-22(24)25;1-7-3-5-8(6-4-7)12(10,11)9-2/h5-6,8,12,15,18,25-26,28-29H,3-4,7,9-11H2,1-2H3,(H4,23,24,27);5-6,8,12,16,18,26-27,29-30H,3-4,7,9-11,23H2,1-2H3,(H4,24,25,28);3-6H,1-2H3/q;;-1/t15-,18-;16-,18-;/m00./s1. The van der Waals surface area contributed by atoms with Crippen molar-refractivity contribution in [2.24, 2.45) is 44.8 Å². The topological polar surface area (TPSA) is 479 Å². The number of hydrogen-bond acceptors (Lipinski definition) is 23. The molecule has 2 heterocycles. The zero-order chi connectivity index (χ0) is 61.3. The molecule has 30 heteroatoms. The molecule has 0 fully saturated rings. The number of aryl methyl sites for hydroxylation is 1. The SMILES string of the molecule is CC(C)[C@@H]1NN[C@@H](CCCN=C(N)N)C(=O)C(=O)CNCNCc2cc(ccc2N)C(=O)C1=O.CC(C)[C@@H]1NN[C@@H](CCCN=C(N)N)C(=O)C(=O)CNCNCc2cc(ccc2[N+](=O)[O-])C(=O)C1=O.C[N-]S(=O)(=O)c1ccc(C)cc1. The van der Waals surface area contributed by atoms with Crippen molar-refractivity contribution < 1.29 is 51.7 Å². The fourth-order valence-corrected chi connectivity index (χ4v) is 8.50. The van der Waals surface area contributed by atoms with Crippen molar-refractivity contribution in [2.75, 3.05) is 52.3 Å². The molecule has 0 spiro atoms. The molecule has 5 rings (SSSR count). The van der Waals surface area contributed by atoms with E-state index in [2.05, 4.69) is 57.7 Å². The smallest absolute Gasteiger partial charge is 0.273 e. The summed E-state index contributed by atoms with van der Waals surface area (Å²) in [6.07, 6.45) is 1.21. The molecule has 29 nitrogen and oxygen atoms in total. The molecule has 0 saturated carbocycles. The van der Waals surface area contributed by atoms with Crippen LogP contribution in [0.15, 0.2) is 75.5 Å². The first-order chi connectivity index (χ1) is 38.7. The normalized spacial score (nSPS) is 19.4. The second kappa shape index (κ2) is 33.9. The highest BCUT2D eigenvalue weighted by Crippen LogP contribution is 2.22. The number of guanidine groups is 2. The average molecular weight is 1160 g/mol. The fraction of sp³-hybridized carbons (Fsp3) is 0.462. The van der Waals surface area contributed by atoms with Gasteiger partial charge in [0, 0.05) is 72.9 Å². The number of rotatable bonds is 13. The molecule has 4 bridgehead atoms. The maximum absolute atomic E-state index is 13.1. The Bertz CT molecular complexity index is 2930. The highest BCUT2D eigenvalue weighted by molar-refractivity contribution is 7.94. The number of hydrazine groups is 2. The molecule has 3 aromatic carbocycles. The highest BCUT2D eigenvalue weighted by Gasteiger charge is 2.34. The predicted octanol–water partition coefficient (Wildman–Crippen LogP) is -1.29. The molecule has 4 atom stereocenters. The summed E-state index contributed by atoms with van der Waals surface area (Å²) in [6.45, 7) is 9.50. The monoisotopic (exact) mass is 1160 g/mol. The number of carbonyl (C=O) groups is 8. The van der Waals surface area contributed by atoms with E-state index in [0.29, 0.717) is 30.6 Å². The lowest BCUT2D eigenvalue weighted by Crippen LogP contribution is -2.57. The molecule has 82 heavy (non-hydrogen) atoms. The number of benzene rings is 3. The van der Waals surface area contributed by atoms with Gasteiger partial charge in [-0.2, -0.15) is 7.05 Å². The van der Waals surface area contributed by atoms with Crippen LogP contribution in [0.5, 0.6) is 0 Å². The van der Waals surface area contributed by atoms with Gasteiger partial charge in [-0.05, 0) is 92.5 Å². The van der Waals surface area contributed by atoms with Crippen LogP contribution < -0.4 is 71.6 Å². The van der Waals surface area contributed by atoms with E-state index in [9.17, 15) is 56.9 Å². The Morgan fingerprint density at radius 2 is 1.04 bits per heavy atom. The van der Waals surface area contributed by atoms with Crippen molar-refractivity contribution in [3.05, 3.63) is 103 Å². The first kappa shape index (κ1) is 68.6. The van der Waals surface area contributed by atoms with Gasteiger partial charge in [0.1, 0.15) is 10.0 Å². The first-order valence-corrected chi connectivity index (χ1v) is 27.5. The predicted molar refractivity (Wildman–Crippen MR) is 307 cm³/mol. The second-order valence-electron chi connectivity index (χ2n) is 19.5. The molecule has 0 aromatic heterocycles. The number of sulfonamides is 1. The molecular formula is C52H76N17O12S-.